The van der Waals surface area contributed by atoms with E-state index in [2.05, 4.69) is 9.88 Å². The molecule has 0 saturated carbocycles. The third-order valence-electron chi connectivity index (χ3n) is 3.44. The Kier molecular flexibility index (Phi) is 10.3. The van der Waals surface area contributed by atoms with E-state index >= 15 is 0 Å². The van der Waals surface area contributed by atoms with Crippen molar-refractivity contribution < 1.29 is 23.2 Å². The summed E-state index contributed by atoms with van der Waals surface area (Å²) in [7, 11) is -3.99. The Bertz CT molecular complexity index is 860. The van der Waals surface area contributed by atoms with Gasteiger partial charge >= 0.3 is 5.97 Å². The van der Waals surface area contributed by atoms with Crippen LogP contribution in [0.5, 0.6) is 0 Å². The van der Waals surface area contributed by atoms with Crippen LogP contribution in [0, 0.1) is 0 Å². The second-order valence-corrected chi connectivity index (χ2v) is 8.31. The topological polar surface area (TPSA) is 105 Å². The fourth-order valence-corrected chi connectivity index (χ4v) is 4.10. The van der Waals surface area contributed by atoms with Gasteiger partial charge in [-0.05, 0) is 50.3 Å². The van der Waals surface area contributed by atoms with Gasteiger partial charge in [-0.25, -0.2) is 8.42 Å². The molecule has 0 aliphatic rings. The fraction of sp³-hybridized carbons (Fsp3) is 0.263. The zero-order valence-corrected chi connectivity index (χ0v) is 17.5. The number of thioether (sulfide) groups is 1. The molecule has 2 N–H and O–H groups in total. The monoisotopic (exact) mass is 424 g/mol. The fourth-order valence-electron chi connectivity index (χ4n) is 1.93. The van der Waals surface area contributed by atoms with Gasteiger partial charge in [-0.2, -0.15) is 4.72 Å². The molecule has 0 saturated heterocycles. The molecule has 0 aliphatic carbocycles. The van der Waals surface area contributed by atoms with Gasteiger partial charge in [0.2, 0.25) is 10.0 Å². The summed E-state index contributed by atoms with van der Waals surface area (Å²) < 4.78 is 27.3. The van der Waals surface area contributed by atoms with Crippen molar-refractivity contribution in [3.05, 3.63) is 70.2 Å². The maximum absolute atomic E-state index is 12.6. The lowest BCUT2D eigenvalue weighted by atomic mass is 10.1. The molecule has 1 aromatic rings. The van der Waals surface area contributed by atoms with Gasteiger partial charge in [0.25, 0.3) is 0 Å². The van der Waals surface area contributed by atoms with Gasteiger partial charge < -0.3 is 9.94 Å². The van der Waals surface area contributed by atoms with Crippen LogP contribution < -0.4 is 4.72 Å². The number of hydrogen-bond acceptors (Lipinski definition) is 6. The number of carboxylic acid groups (broad SMARTS) is 1. The maximum atomic E-state index is 12.6. The van der Waals surface area contributed by atoms with Crippen LogP contribution in [0.1, 0.15) is 19.4 Å². The maximum Gasteiger partial charge on any atom is 0.322 e. The third kappa shape index (κ3) is 8.55. The van der Waals surface area contributed by atoms with Crippen LogP contribution in [-0.4, -0.2) is 38.0 Å². The molecule has 7 nitrogen and oxygen atoms in total. The molecule has 0 bridgehead atoms. The lowest BCUT2D eigenvalue weighted by molar-refractivity contribution is -0.138. The Morgan fingerprint density at radius 3 is 2.57 bits per heavy atom. The minimum Gasteiger partial charge on any atom is -0.480 e. The lowest BCUT2D eigenvalue weighted by Crippen LogP contribution is -2.42. The summed E-state index contributed by atoms with van der Waals surface area (Å²) in [6.45, 7) is 3.56. The molecule has 1 aromatic carbocycles. The van der Waals surface area contributed by atoms with Gasteiger partial charge in [-0.3, -0.25) is 4.79 Å². The number of benzene rings is 1. The number of sulfonamides is 1. The van der Waals surface area contributed by atoms with E-state index in [1.54, 1.807) is 49.6 Å². The Balaban J connectivity index is 2.85. The van der Waals surface area contributed by atoms with Crippen molar-refractivity contribution in [2.45, 2.75) is 26.3 Å². The van der Waals surface area contributed by atoms with Gasteiger partial charge in [0, 0.05) is 0 Å². The number of rotatable bonds is 11. The number of oxime groups is 1. The van der Waals surface area contributed by atoms with Crippen LogP contribution in [0.15, 0.2) is 69.8 Å². The van der Waals surface area contributed by atoms with Crippen LogP contribution in [0.25, 0.3) is 0 Å². The minimum atomic E-state index is -3.99. The second kappa shape index (κ2) is 12.2. The Morgan fingerprint density at radius 2 is 2.00 bits per heavy atom. The zero-order valence-electron chi connectivity index (χ0n) is 15.9. The molecule has 0 radical (unpaired) electrons. The molecule has 1 unspecified atom stereocenters. The average Bonchev–Trinajstić information content (AvgIpc) is 2.67. The molecule has 0 spiro atoms. The SMILES string of the molecule is C/C=C(/C)O/N=C/C=C/C=C(\SC)S(=O)(=O)NC(Cc1ccccc1)C(=O)O. The number of nitrogens with zero attached hydrogens (tertiary/aromatic N) is 1. The summed E-state index contributed by atoms with van der Waals surface area (Å²) >= 11 is 0.991. The first-order chi connectivity index (χ1) is 13.3. The molecule has 152 valence electrons. The van der Waals surface area contributed by atoms with Gasteiger partial charge in [0.15, 0.2) is 0 Å². The summed E-state index contributed by atoms with van der Waals surface area (Å²) in [5.74, 6) is -0.609. The summed E-state index contributed by atoms with van der Waals surface area (Å²) in [6, 6.07) is 7.56. The van der Waals surface area contributed by atoms with Crippen molar-refractivity contribution in [3.8, 4) is 0 Å². The van der Waals surface area contributed by atoms with Crippen molar-refractivity contribution in [1.29, 1.82) is 0 Å². The number of carboxylic acids is 1. The van der Waals surface area contributed by atoms with Crippen LogP contribution >= 0.6 is 11.8 Å². The third-order valence-corrected chi connectivity index (χ3v) is 6.40. The Hall–Kier alpha value is -2.36. The van der Waals surface area contributed by atoms with Crippen molar-refractivity contribution >= 4 is 34.0 Å². The molecule has 0 aromatic heterocycles. The van der Waals surface area contributed by atoms with E-state index < -0.39 is 22.0 Å². The molecule has 9 heteroatoms. The molecule has 0 heterocycles. The van der Waals surface area contributed by atoms with Gasteiger partial charge in [-0.15, -0.1) is 11.8 Å². The number of hydrogen-bond donors (Lipinski definition) is 2. The summed E-state index contributed by atoms with van der Waals surface area (Å²) in [5, 5.41) is 13.1. The first kappa shape index (κ1) is 23.7. The van der Waals surface area contributed by atoms with Crippen LogP contribution in [0.2, 0.25) is 0 Å². The largest absolute Gasteiger partial charge is 0.480 e. The Morgan fingerprint density at radius 1 is 1.32 bits per heavy atom. The zero-order chi connectivity index (χ0) is 21.0. The average molecular weight is 425 g/mol. The van der Waals surface area contributed by atoms with E-state index in [4.69, 9.17) is 4.84 Å². The first-order valence-corrected chi connectivity index (χ1v) is 11.0. The highest BCUT2D eigenvalue weighted by molar-refractivity contribution is 8.17. The molecule has 0 amide bonds. The number of allylic oxidation sites excluding steroid dienone is 5. The molecule has 0 fully saturated rings. The standard InChI is InChI=1S/C19H24N2O5S2/c1-4-15(2)26-20-13-9-8-12-18(27-3)28(24,25)21-17(19(22)23)14-16-10-6-5-7-11-16/h4-13,17,21H,14H2,1-3H3,(H,22,23)/b9-8+,15-4-,18-12+,20-13+. The van der Waals surface area contributed by atoms with Gasteiger partial charge in [0.1, 0.15) is 16.0 Å². The van der Waals surface area contributed by atoms with Crippen molar-refractivity contribution in [2.75, 3.05) is 6.26 Å². The van der Waals surface area contributed by atoms with Crippen LogP contribution in [-0.2, 0) is 26.1 Å². The predicted octanol–water partition coefficient (Wildman–Crippen LogP) is 3.29. The summed E-state index contributed by atoms with van der Waals surface area (Å²) in [4.78, 5) is 16.5. The van der Waals surface area contributed by atoms with Crippen molar-refractivity contribution in [2.24, 2.45) is 5.16 Å². The Labute approximate surface area is 169 Å². The number of aliphatic carboxylic acids is 1. The molecular weight excluding hydrogens is 400 g/mol. The highest BCUT2D eigenvalue weighted by Crippen LogP contribution is 2.19. The predicted molar refractivity (Wildman–Crippen MR) is 113 cm³/mol. The van der Waals surface area contributed by atoms with Crippen molar-refractivity contribution in [3.63, 3.8) is 0 Å². The van der Waals surface area contributed by atoms with E-state index in [1.165, 1.54) is 24.4 Å². The van der Waals surface area contributed by atoms with Crippen molar-refractivity contribution in [1.82, 2.24) is 4.72 Å². The molecule has 0 aliphatic heterocycles. The molecule has 28 heavy (non-hydrogen) atoms. The summed E-state index contributed by atoms with van der Waals surface area (Å²) in [5.41, 5.74) is 0.722. The highest BCUT2D eigenvalue weighted by atomic mass is 32.3. The normalized spacial score (nSPS) is 14.5. The lowest BCUT2D eigenvalue weighted by Gasteiger charge is -2.15. The molecule has 1 rings (SSSR count). The van der Waals surface area contributed by atoms with E-state index in [9.17, 15) is 18.3 Å². The van der Waals surface area contributed by atoms with Gasteiger partial charge in [0.05, 0.1) is 6.21 Å². The van der Waals surface area contributed by atoms with E-state index in [1.807, 2.05) is 6.92 Å². The van der Waals surface area contributed by atoms with Gasteiger partial charge in [-0.1, -0.05) is 41.6 Å². The molecular formula is C19H24N2O5S2. The van der Waals surface area contributed by atoms with E-state index in [-0.39, 0.29) is 10.7 Å². The minimum absolute atomic E-state index is 0.0120. The highest BCUT2D eigenvalue weighted by Gasteiger charge is 2.26. The second-order valence-electron chi connectivity index (χ2n) is 5.52. The van der Waals surface area contributed by atoms with E-state index in [0.29, 0.717) is 5.76 Å². The van der Waals surface area contributed by atoms with E-state index in [0.717, 1.165) is 17.3 Å². The smallest absolute Gasteiger partial charge is 0.322 e. The first-order valence-electron chi connectivity index (χ1n) is 8.33. The van der Waals surface area contributed by atoms with Crippen LogP contribution in [0.4, 0.5) is 0 Å². The number of carbonyl (C=O) groups is 1. The molecule has 1 atom stereocenters. The van der Waals surface area contributed by atoms with Crippen LogP contribution in [0.3, 0.4) is 0 Å². The summed E-state index contributed by atoms with van der Waals surface area (Å²) in [6.07, 6.45) is 9.11. The number of nitrogens with one attached hydrogen (secondary N) is 1. The quantitative estimate of drug-likeness (QED) is 0.244.